The second-order valence-electron chi connectivity index (χ2n) is 6.27. The standard InChI is InChI=1S/C17H24N2O2/c1-12-5-3-2-4-6-14(12)18-10-13-7-8-16-15(9-13)19-17(20)11-21-16/h7-9,12,14,18H,2-6,10-11H2,1H3,(H,19,20). The summed E-state index contributed by atoms with van der Waals surface area (Å²) in [5.74, 6) is 1.43. The summed E-state index contributed by atoms with van der Waals surface area (Å²) in [7, 11) is 0. The van der Waals surface area contributed by atoms with E-state index in [1.807, 2.05) is 12.1 Å². The Morgan fingerprint density at radius 3 is 3.05 bits per heavy atom. The van der Waals surface area contributed by atoms with Crippen LogP contribution in [0, 0.1) is 5.92 Å². The number of hydrogen-bond acceptors (Lipinski definition) is 3. The number of ether oxygens (including phenoxy) is 1. The first-order chi connectivity index (χ1) is 10.2. The Morgan fingerprint density at radius 2 is 2.14 bits per heavy atom. The van der Waals surface area contributed by atoms with Gasteiger partial charge in [-0.1, -0.05) is 32.3 Å². The minimum Gasteiger partial charge on any atom is -0.482 e. The average Bonchev–Trinajstić information content (AvgIpc) is 2.69. The molecule has 1 heterocycles. The molecule has 1 aliphatic heterocycles. The van der Waals surface area contributed by atoms with E-state index in [0.29, 0.717) is 6.04 Å². The van der Waals surface area contributed by atoms with E-state index in [-0.39, 0.29) is 12.5 Å². The zero-order chi connectivity index (χ0) is 14.7. The van der Waals surface area contributed by atoms with Gasteiger partial charge in [0.1, 0.15) is 5.75 Å². The van der Waals surface area contributed by atoms with Gasteiger partial charge in [-0.05, 0) is 36.5 Å². The van der Waals surface area contributed by atoms with Crippen LogP contribution in [-0.4, -0.2) is 18.6 Å². The molecule has 2 atom stereocenters. The molecule has 1 aliphatic carbocycles. The van der Waals surface area contributed by atoms with E-state index in [1.165, 1.54) is 37.7 Å². The minimum absolute atomic E-state index is 0.0787. The molecule has 1 aromatic rings. The number of fused-ring (bicyclic) bond motifs is 1. The first kappa shape index (κ1) is 14.4. The van der Waals surface area contributed by atoms with Gasteiger partial charge in [0.2, 0.25) is 0 Å². The summed E-state index contributed by atoms with van der Waals surface area (Å²) in [5.41, 5.74) is 1.98. The lowest BCUT2D eigenvalue weighted by Gasteiger charge is -2.24. The van der Waals surface area contributed by atoms with Crippen molar-refractivity contribution in [2.75, 3.05) is 11.9 Å². The SMILES string of the molecule is CC1CCCCCC1NCc1ccc2c(c1)NC(=O)CO2. The second-order valence-corrected chi connectivity index (χ2v) is 6.27. The van der Waals surface area contributed by atoms with Gasteiger partial charge < -0.3 is 15.4 Å². The summed E-state index contributed by atoms with van der Waals surface area (Å²) in [5, 5.41) is 6.56. The lowest BCUT2D eigenvalue weighted by atomic mass is 9.97. The van der Waals surface area contributed by atoms with Crippen LogP contribution in [0.1, 0.15) is 44.6 Å². The Morgan fingerprint density at radius 1 is 1.29 bits per heavy atom. The number of benzene rings is 1. The van der Waals surface area contributed by atoms with Crippen molar-refractivity contribution in [1.82, 2.24) is 5.32 Å². The van der Waals surface area contributed by atoms with Crippen LogP contribution >= 0.6 is 0 Å². The van der Waals surface area contributed by atoms with Crippen LogP contribution in [0.5, 0.6) is 5.75 Å². The average molecular weight is 288 g/mol. The molecule has 1 amide bonds. The van der Waals surface area contributed by atoms with Gasteiger partial charge in [0.05, 0.1) is 5.69 Å². The summed E-state index contributed by atoms with van der Waals surface area (Å²) in [6.45, 7) is 3.31. The van der Waals surface area contributed by atoms with Gasteiger partial charge >= 0.3 is 0 Å². The smallest absolute Gasteiger partial charge is 0.262 e. The van der Waals surface area contributed by atoms with Crippen molar-refractivity contribution in [1.29, 1.82) is 0 Å². The normalized spacial score (nSPS) is 25.5. The molecule has 21 heavy (non-hydrogen) atoms. The number of carbonyl (C=O) groups excluding carboxylic acids is 1. The number of anilines is 1. The molecule has 0 spiro atoms. The highest BCUT2D eigenvalue weighted by Crippen LogP contribution is 2.29. The third-order valence-corrected chi connectivity index (χ3v) is 4.61. The van der Waals surface area contributed by atoms with Crippen molar-refractivity contribution in [3.05, 3.63) is 23.8 Å². The predicted molar refractivity (Wildman–Crippen MR) is 83.4 cm³/mol. The molecule has 4 heteroatoms. The van der Waals surface area contributed by atoms with Gasteiger partial charge in [-0.25, -0.2) is 0 Å². The molecule has 0 aromatic heterocycles. The van der Waals surface area contributed by atoms with Gasteiger partial charge in [-0.2, -0.15) is 0 Å². The van der Waals surface area contributed by atoms with Crippen molar-refractivity contribution in [2.24, 2.45) is 5.92 Å². The van der Waals surface area contributed by atoms with Crippen molar-refractivity contribution in [3.63, 3.8) is 0 Å². The maximum Gasteiger partial charge on any atom is 0.262 e. The van der Waals surface area contributed by atoms with Gasteiger partial charge in [0.25, 0.3) is 5.91 Å². The lowest BCUT2D eigenvalue weighted by molar-refractivity contribution is -0.118. The molecule has 2 unspecified atom stereocenters. The number of carbonyl (C=O) groups is 1. The third kappa shape index (κ3) is 3.56. The first-order valence-corrected chi connectivity index (χ1v) is 8.01. The van der Waals surface area contributed by atoms with Crippen LogP contribution in [0.4, 0.5) is 5.69 Å². The molecule has 114 valence electrons. The number of nitrogens with one attached hydrogen (secondary N) is 2. The molecule has 3 rings (SSSR count). The summed E-state index contributed by atoms with van der Waals surface area (Å²) in [4.78, 5) is 11.4. The molecule has 1 fully saturated rings. The van der Waals surface area contributed by atoms with E-state index in [9.17, 15) is 4.79 Å². The van der Waals surface area contributed by atoms with Crippen LogP contribution in [0.2, 0.25) is 0 Å². The van der Waals surface area contributed by atoms with Gasteiger partial charge in [0.15, 0.2) is 6.61 Å². The summed E-state index contributed by atoms with van der Waals surface area (Å²) >= 11 is 0. The highest BCUT2D eigenvalue weighted by Gasteiger charge is 2.20. The zero-order valence-corrected chi connectivity index (χ0v) is 12.7. The van der Waals surface area contributed by atoms with E-state index in [4.69, 9.17) is 4.74 Å². The van der Waals surface area contributed by atoms with E-state index in [0.717, 1.165) is 23.9 Å². The van der Waals surface area contributed by atoms with E-state index >= 15 is 0 Å². The van der Waals surface area contributed by atoms with Gasteiger partial charge in [-0.3, -0.25) is 4.79 Å². The summed E-state index contributed by atoms with van der Waals surface area (Å²) in [6.07, 6.45) is 6.65. The Hall–Kier alpha value is -1.55. The van der Waals surface area contributed by atoms with Crippen LogP contribution in [0.25, 0.3) is 0 Å². The van der Waals surface area contributed by atoms with Crippen molar-refractivity contribution >= 4 is 11.6 Å². The predicted octanol–water partition coefficient (Wildman–Crippen LogP) is 3.08. The molecule has 2 N–H and O–H groups in total. The molecule has 0 bridgehead atoms. The molecule has 0 saturated heterocycles. The number of hydrogen-bond donors (Lipinski definition) is 2. The van der Waals surface area contributed by atoms with Crippen LogP contribution in [-0.2, 0) is 11.3 Å². The van der Waals surface area contributed by atoms with Crippen molar-refractivity contribution in [3.8, 4) is 5.75 Å². The molecule has 4 nitrogen and oxygen atoms in total. The van der Waals surface area contributed by atoms with Crippen LogP contribution in [0.15, 0.2) is 18.2 Å². The maximum atomic E-state index is 11.4. The van der Waals surface area contributed by atoms with Gasteiger partial charge in [0, 0.05) is 12.6 Å². The molecular weight excluding hydrogens is 264 g/mol. The van der Waals surface area contributed by atoms with Gasteiger partial charge in [-0.15, -0.1) is 0 Å². The quantitative estimate of drug-likeness (QED) is 0.840. The number of amides is 1. The largest absolute Gasteiger partial charge is 0.482 e. The fourth-order valence-corrected chi connectivity index (χ4v) is 3.29. The summed E-state index contributed by atoms with van der Waals surface area (Å²) in [6, 6.07) is 6.64. The van der Waals surface area contributed by atoms with Crippen molar-refractivity contribution in [2.45, 2.75) is 51.6 Å². The van der Waals surface area contributed by atoms with Crippen molar-refractivity contribution < 1.29 is 9.53 Å². The van der Waals surface area contributed by atoms with E-state index < -0.39 is 0 Å². The van der Waals surface area contributed by atoms with E-state index in [2.05, 4.69) is 23.6 Å². The molecular formula is C17H24N2O2. The molecule has 0 radical (unpaired) electrons. The summed E-state index contributed by atoms with van der Waals surface area (Å²) < 4.78 is 5.39. The Balaban J connectivity index is 1.62. The Kier molecular flexibility index (Phi) is 4.44. The second kappa shape index (κ2) is 6.48. The lowest BCUT2D eigenvalue weighted by Crippen LogP contribution is -2.33. The Labute approximate surface area is 126 Å². The maximum absolute atomic E-state index is 11.4. The number of rotatable bonds is 3. The molecule has 1 aromatic carbocycles. The minimum atomic E-state index is -0.0787. The monoisotopic (exact) mass is 288 g/mol. The highest BCUT2D eigenvalue weighted by atomic mass is 16.5. The van der Waals surface area contributed by atoms with Crippen LogP contribution in [0.3, 0.4) is 0 Å². The third-order valence-electron chi connectivity index (χ3n) is 4.61. The fourth-order valence-electron chi connectivity index (χ4n) is 3.29. The molecule has 1 saturated carbocycles. The fraction of sp³-hybridized carbons (Fsp3) is 0.588. The zero-order valence-electron chi connectivity index (χ0n) is 12.7. The topological polar surface area (TPSA) is 50.4 Å². The first-order valence-electron chi connectivity index (χ1n) is 8.01. The van der Waals surface area contributed by atoms with Crippen LogP contribution < -0.4 is 15.4 Å². The highest BCUT2D eigenvalue weighted by molar-refractivity contribution is 5.95. The Bertz CT molecular complexity index is 516. The van der Waals surface area contributed by atoms with E-state index in [1.54, 1.807) is 0 Å². The molecule has 2 aliphatic rings.